The zero-order valence-electron chi connectivity index (χ0n) is 13.8. The first-order valence-electron chi connectivity index (χ1n) is 6.46. The van der Waals surface area contributed by atoms with Crippen molar-refractivity contribution in [1.82, 2.24) is 0 Å². The number of hydrogen-bond acceptors (Lipinski definition) is 1. The Kier molecular flexibility index (Phi) is 16.2. The number of phenols is 1. The summed E-state index contributed by atoms with van der Waals surface area (Å²) in [6, 6.07) is 0. The molecule has 0 amide bonds. The molecule has 0 spiro atoms. The quantitative estimate of drug-likeness (QED) is 0.525. The van der Waals surface area contributed by atoms with Gasteiger partial charge in [0.05, 0.1) is 10.2 Å². The minimum atomic E-state index is 0. The summed E-state index contributed by atoms with van der Waals surface area (Å²) in [5, 5.41) is 10.7. The predicted molar refractivity (Wildman–Crippen MR) is 100 cm³/mol. The van der Waals surface area contributed by atoms with Crippen LogP contribution in [0.2, 0.25) is 0 Å². The summed E-state index contributed by atoms with van der Waals surface area (Å²) in [6.07, 6.45) is 8.33. The van der Waals surface area contributed by atoms with Gasteiger partial charge in [-0.15, -0.1) is 31.2 Å². The summed E-state index contributed by atoms with van der Waals surface area (Å²) >= 11 is 1.75. The number of aromatic hydroxyl groups is 1. The standard InChI is InChI=1S/C10H13OSi.C6H7.CH2.2ClH.Ti/c1-5-6(2)9(11)8(4)10(12)7(5)3;1-6-4-2-3-5-6;;;;/h11H,1-4H3;2,4H,3H2,1H3;1H2;2*1H;/q;-1;;;;+1. The summed E-state index contributed by atoms with van der Waals surface area (Å²) in [7, 11) is 3.51. The third-order valence-corrected chi connectivity index (χ3v) is 4.20. The average Bonchev–Trinajstić information content (AvgIpc) is 2.95. The van der Waals surface area contributed by atoms with Gasteiger partial charge in [-0.05, 0) is 49.9 Å². The Morgan fingerprint density at radius 3 is 1.82 bits per heavy atom. The average molecular weight is 391 g/mol. The molecule has 0 saturated heterocycles. The summed E-state index contributed by atoms with van der Waals surface area (Å²) in [6.45, 7) is 9.99. The molecule has 0 aromatic heterocycles. The van der Waals surface area contributed by atoms with Crippen molar-refractivity contribution in [3.63, 3.8) is 0 Å². The van der Waals surface area contributed by atoms with Gasteiger partial charge in [-0.3, -0.25) is 6.08 Å². The van der Waals surface area contributed by atoms with E-state index in [-0.39, 0.29) is 24.8 Å². The molecule has 2 rings (SSSR count). The summed E-state index contributed by atoms with van der Waals surface area (Å²) in [5.41, 5.74) is 5.54. The van der Waals surface area contributed by atoms with E-state index in [1.165, 1.54) is 11.1 Å². The number of allylic oxidation sites excluding steroid dienone is 4. The van der Waals surface area contributed by atoms with Crippen LogP contribution in [-0.4, -0.2) is 20.2 Å². The zero-order chi connectivity index (χ0) is 15.9. The van der Waals surface area contributed by atoms with E-state index in [1.807, 2.05) is 20.8 Å². The normalized spacial score (nSPS) is 11.0. The monoisotopic (exact) mass is 390 g/mol. The molecule has 0 heterocycles. The topological polar surface area (TPSA) is 20.2 Å². The van der Waals surface area contributed by atoms with Crippen LogP contribution in [0.4, 0.5) is 0 Å². The Bertz CT molecular complexity index is 432. The molecule has 1 N–H and O–H groups in total. The predicted octanol–water partition coefficient (Wildman–Crippen LogP) is 3.92. The van der Waals surface area contributed by atoms with Gasteiger partial charge in [-0.1, -0.05) is 12.1 Å². The molecule has 0 fully saturated rings. The molecule has 1 aromatic rings. The molecule has 1 nitrogen and oxygen atoms in total. The zero-order valence-corrected chi connectivity index (χ0v) is 18.0. The molecule has 120 valence electrons. The molecule has 0 bridgehead atoms. The van der Waals surface area contributed by atoms with Crippen LogP contribution in [0.15, 0.2) is 17.7 Å². The fourth-order valence-electron chi connectivity index (χ4n) is 1.84. The molecule has 3 radical (unpaired) electrons. The summed E-state index contributed by atoms with van der Waals surface area (Å²) < 4.78 is 0. The maximum atomic E-state index is 9.66. The number of phenolic OH excluding ortho intramolecular Hbond substituents is 1. The molecule has 22 heavy (non-hydrogen) atoms. The van der Waals surface area contributed by atoms with Crippen molar-refractivity contribution in [1.29, 1.82) is 0 Å². The van der Waals surface area contributed by atoms with Crippen molar-refractivity contribution in [2.45, 2.75) is 41.0 Å². The first kappa shape index (κ1) is 26.8. The SMILES string of the molecule is CC1=[C-]CC=C1.Cc1c(C)c(O)c(C)c([Si])c1C.Cl.Cl.[CH2]=[Ti+]. The van der Waals surface area contributed by atoms with E-state index in [2.05, 4.69) is 47.1 Å². The molecule has 1 aromatic carbocycles. The van der Waals surface area contributed by atoms with Crippen molar-refractivity contribution in [2.75, 3.05) is 0 Å². The second-order valence-corrected chi connectivity index (χ2v) is 5.19. The summed E-state index contributed by atoms with van der Waals surface area (Å²) in [4.78, 5) is 3.25. The van der Waals surface area contributed by atoms with E-state index in [0.29, 0.717) is 5.75 Å². The molecule has 5 heteroatoms. The third-order valence-electron chi connectivity index (χ3n) is 3.45. The molecule has 1 aliphatic rings. The van der Waals surface area contributed by atoms with Crippen molar-refractivity contribution in [3.8, 4) is 5.75 Å². The Morgan fingerprint density at radius 2 is 1.50 bits per heavy atom. The number of hydrogen-bond donors (Lipinski definition) is 1. The molecule has 0 unspecified atom stereocenters. The second kappa shape index (κ2) is 13.3. The van der Waals surface area contributed by atoms with E-state index >= 15 is 0 Å². The van der Waals surface area contributed by atoms with Crippen LogP contribution in [0.1, 0.15) is 35.6 Å². The molecular formula is C17H24Cl2OSiTi. The van der Waals surface area contributed by atoms with Crippen LogP contribution >= 0.6 is 24.8 Å². The van der Waals surface area contributed by atoms with Crippen LogP contribution in [0.5, 0.6) is 5.75 Å². The maximum absolute atomic E-state index is 9.66. The van der Waals surface area contributed by atoms with Crippen LogP contribution in [-0.2, 0) is 20.0 Å². The van der Waals surface area contributed by atoms with Crippen molar-refractivity contribution in [2.24, 2.45) is 0 Å². The Balaban J connectivity index is -0.000000309. The van der Waals surface area contributed by atoms with Gasteiger partial charge in [0.2, 0.25) is 0 Å². The van der Waals surface area contributed by atoms with Crippen molar-refractivity contribution >= 4 is 45.1 Å². The van der Waals surface area contributed by atoms with E-state index in [1.54, 1.807) is 20.0 Å². The van der Waals surface area contributed by atoms with Crippen molar-refractivity contribution < 1.29 is 25.1 Å². The molecular weight excluding hydrogens is 367 g/mol. The Morgan fingerprint density at radius 1 is 1.00 bits per heavy atom. The van der Waals surface area contributed by atoms with Gasteiger partial charge < -0.3 is 5.11 Å². The third kappa shape index (κ3) is 7.43. The summed E-state index contributed by atoms with van der Waals surface area (Å²) in [5.74, 6) is 0.406. The first-order valence-corrected chi connectivity index (χ1v) is 8.07. The minimum absolute atomic E-state index is 0. The van der Waals surface area contributed by atoms with E-state index in [0.717, 1.165) is 28.3 Å². The molecule has 0 aliphatic heterocycles. The van der Waals surface area contributed by atoms with Gasteiger partial charge in [0.1, 0.15) is 5.75 Å². The van der Waals surface area contributed by atoms with Crippen LogP contribution < -0.4 is 5.19 Å². The number of benzene rings is 1. The second-order valence-electron chi connectivity index (χ2n) is 4.69. The van der Waals surface area contributed by atoms with Crippen LogP contribution in [0.25, 0.3) is 0 Å². The van der Waals surface area contributed by atoms with Gasteiger partial charge in [-0.2, -0.15) is 6.08 Å². The molecule has 1 aliphatic carbocycles. The molecule has 0 atom stereocenters. The van der Waals surface area contributed by atoms with Gasteiger partial charge in [0, 0.05) is 0 Å². The Labute approximate surface area is 162 Å². The van der Waals surface area contributed by atoms with Gasteiger partial charge in [0.25, 0.3) is 0 Å². The van der Waals surface area contributed by atoms with Crippen LogP contribution in [0.3, 0.4) is 0 Å². The van der Waals surface area contributed by atoms with E-state index in [4.69, 9.17) is 0 Å². The van der Waals surface area contributed by atoms with Gasteiger partial charge in [-0.25, -0.2) is 11.6 Å². The molecule has 0 saturated carbocycles. The van der Waals surface area contributed by atoms with Gasteiger partial charge >= 0.3 is 24.8 Å². The van der Waals surface area contributed by atoms with Gasteiger partial charge in [0.15, 0.2) is 0 Å². The Hall–Kier alpha value is -0.119. The fourth-order valence-corrected chi connectivity index (χ4v) is 2.15. The van der Waals surface area contributed by atoms with E-state index < -0.39 is 0 Å². The van der Waals surface area contributed by atoms with E-state index in [9.17, 15) is 5.11 Å². The van der Waals surface area contributed by atoms with Crippen LogP contribution in [0, 0.1) is 33.8 Å². The number of halogens is 2. The van der Waals surface area contributed by atoms with Crippen molar-refractivity contribution in [3.05, 3.63) is 46.1 Å². The fraction of sp³-hybridized carbons (Fsp3) is 0.353. The number of rotatable bonds is 0. The first-order chi connectivity index (χ1) is 9.36.